The van der Waals surface area contributed by atoms with E-state index in [9.17, 15) is 0 Å². The molecular formula is C15H22N2O. The van der Waals surface area contributed by atoms with Gasteiger partial charge in [-0.05, 0) is 26.0 Å². The third-order valence-corrected chi connectivity index (χ3v) is 3.83. The molecule has 1 heterocycles. The fraction of sp³-hybridized carbons (Fsp3) is 0.600. The van der Waals surface area contributed by atoms with E-state index in [2.05, 4.69) is 35.5 Å². The monoisotopic (exact) mass is 246 g/mol. The summed E-state index contributed by atoms with van der Waals surface area (Å²) in [5, 5.41) is 3.56. The predicted molar refractivity (Wildman–Crippen MR) is 73.2 cm³/mol. The summed E-state index contributed by atoms with van der Waals surface area (Å²) in [6.07, 6.45) is 2.74. The van der Waals surface area contributed by atoms with Crippen molar-refractivity contribution in [2.45, 2.75) is 24.8 Å². The Morgan fingerprint density at radius 1 is 1.33 bits per heavy atom. The summed E-state index contributed by atoms with van der Waals surface area (Å²) in [7, 11) is 2.20. The first-order valence-corrected chi connectivity index (χ1v) is 6.96. The van der Waals surface area contributed by atoms with Crippen molar-refractivity contribution in [2.24, 2.45) is 0 Å². The van der Waals surface area contributed by atoms with E-state index in [1.807, 2.05) is 6.07 Å². The smallest absolute Gasteiger partial charge is 0.122 e. The van der Waals surface area contributed by atoms with Crippen molar-refractivity contribution in [2.75, 3.05) is 33.3 Å². The highest BCUT2D eigenvalue weighted by Gasteiger charge is 2.25. The highest BCUT2D eigenvalue weighted by Crippen LogP contribution is 2.33. The molecule has 0 amide bonds. The number of ether oxygens (including phenoxy) is 1. The highest BCUT2D eigenvalue weighted by atomic mass is 16.5. The van der Waals surface area contributed by atoms with E-state index >= 15 is 0 Å². The lowest BCUT2D eigenvalue weighted by molar-refractivity contribution is 0.266. The first-order valence-electron chi connectivity index (χ1n) is 6.96. The molecule has 2 aliphatic rings. The van der Waals surface area contributed by atoms with Gasteiger partial charge in [0.25, 0.3) is 0 Å². The molecule has 1 aliphatic carbocycles. The van der Waals surface area contributed by atoms with E-state index in [1.165, 1.54) is 18.4 Å². The molecule has 1 aromatic rings. The molecule has 98 valence electrons. The van der Waals surface area contributed by atoms with Crippen LogP contribution < -0.4 is 10.1 Å². The lowest BCUT2D eigenvalue weighted by atomic mass is 10.0. The first-order chi connectivity index (χ1) is 8.83. The van der Waals surface area contributed by atoms with Gasteiger partial charge in [-0.25, -0.2) is 0 Å². The summed E-state index contributed by atoms with van der Waals surface area (Å²) in [6.45, 7) is 4.15. The van der Waals surface area contributed by atoms with E-state index in [0.717, 1.165) is 38.0 Å². The molecule has 0 aromatic heterocycles. The Kier molecular flexibility index (Phi) is 3.52. The molecule has 1 fully saturated rings. The van der Waals surface area contributed by atoms with Gasteiger partial charge in [-0.15, -0.1) is 0 Å². The Bertz CT molecular complexity index is 403. The Labute approximate surface area is 109 Å². The quantitative estimate of drug-likeness (QED) is 0.829. The maximum Gasteiger partial charge on any atom is 0.122 e. The maximum atomic E-state index is 5.72. The predicted octanol–water partition coefficient (Wildman–Crippen LogP) is 1.85. The van der Waals surface area contributed by atoms with Crippen molar-refractivity contribution in [3.63, 3.8) is 0 Å². The van der Waals surface area contributed by atoms with Gasteiger partial charge in [0.1, 0.15) is 5.75 Å². The third kappa shape index (κ3) is 2.85. The number of para-hydroxylation sites is 1. The first kappa shape index (κ1) is 12.0. The summed E-state index contributed by atoms with van der Waals surface area (Å²) in [5.74, 6) is 1.61. The molecule has 3 heteroatoms. The maximum absolute atomic E-state index is 5.72. The minimum absolute atomic E-state index is 0.534. The number of fused-ring (bicyclic) bond motifs is 1. The summed E-state index contributed by atoms with van der Waals surface area (Å²) in [6, 6.07) is 9.24. The Balaban J connectivity index is 1.47. The lowest BCUT2D eigenvalue weighted by Gasteiger charge is -2.20. The molecule has 0 saturated heterocycles. The molecule has 18 heavy (non-hydrogen) atoms. The van der Waals surface area contributed by atoms with E-state index in [-0.39, 0.29) is 0 Å². The average Bonchev–Trinajstić information content (AvgIpc) is 3.11. The van der Waals surface area contributed by atoms with E-state index in [4.69, 9.17) is 4.74 Å². The minimum Gasteiger partial charge on any atom is -0.493 e. The molecule has 3 rings (SSSR count). The van der Waals surface area contributed by atoms with Crippen LogP contribution in [0, 0.1) is 0 Å². The molecule has 0 bridgehead atoms. The number of rotatable bonds is 6. The molecule has 1 saturated carbocycles. The van der Waals surface area contributed by atoms with Crippen LogP contribution in [0.15, 0.2) is 24.3 Å². The van der Waals surface area contributed by atoms with Gasteiger partial charge in [0.15, 0.2) is 0 Å². The van der Waals surface area contributed by atoms with Crippen molar-refractivity contribution in [3.8, 4) is 5.75 Å². The largest absolute Gasteiger partial charge is 0.493 e. The van der Waals surface area contributed by atoms with Crippen molar-refractivity contribution < 1.29 is 4.74 Å². The van der Waals surface area contributed by atoms with Crippen LogP contribution in [0.1, 0.15) is 24.3 Å². The van der Waals surface area contributed by atoms with Crippen LogP contribution >= 0.6 is 0 Å². The highest BCUT2D eigenvalue weighted by molar-refractivity contribution is 5.39. The zero-order valence-electron chi connectivity index (χ0n) is 11.1. The van der Waals surface area contributed by atoms with Crippen LogP contribution in [-0.4, -0.2) is 44.2 Å². The second kappa shape index (κ2) is 5.29. The van der Waals surface area contributed by atoms with Crippen LogP contribution in [0.3, 0.4) is 0 Å². The fourth-order valence-corrected chi connectivity index (χ4v) is 2.59. The number of nitrogens with zero attached hydrogens (tertiary/aromatic N) is 1. The van der Waals surface area contributed by atoms with Crippen molar-refractivity contribution in [1.29, 1.82) is 0 Å². The number of hydrogen-bond acceptors (Lipinski definition) is 3. The second-order valence-corrected chi connectivity index (χ2v) is 5.54. The molecule has 0 radical (unpaired) electrons. The summed E-state index contributed by atoms with van der Waals surface area (Å²) in [4.78, 5) is 2.41. The van der Waals surface area contributed by atoms with Crippen LogP contribution in [-0.2, 0) is 0 Å². The van der Waals surface area contributed by atoms with Gasteiger partial charge in [0.05, 0.1) is 6.61 Å². The molecule has 1 atom stereocenters. The third-order valence-electron chi connectivity index (χ3n) is 3.83. The zero-order valence-corrected chi connectivity index (χ0v) is 11.1. The molecule has 1 unspecified atom stereocenters. The van der Waals surface area contributed by atoms with Gasteiger partial charge in [-0.2, -0.15) is 0 Å². The summed E-state index contributed by atoms with van der Waals surface area (Å²) >= 11 is 0. The molecule has 0 spiro atoms. The molecule has 1 aliphatic heterocycles. The Morgan fingerprint density at radius 3 is 3.00 bits per heavy atom. The van der Waals surface area contributed by atoms with Crippen molar-refractivity contribution in [3.05, 3.63) is 29.8 Å². The number of benzene rings is 1. The standard InChI is InChI=1S/C15H22N2O/c1-17(9-8-16-13-6-7-13)10-12-11-18-15-5-3-2-4-14(12)15/h2-5,12-13,16H,6-11H2,1H3. The number of likely N-dealkylation sites (N-methyl/N-ethyl adjacent to an activating group) is 1. The number of nitrogens with one attached hydrogen (secondary N) is 1. The van der Waals surface area contributed by atoms with Gasteiger partial charge >= 0.3 is 0 Å². The molecule has 1 N–H and O–H groups in total. The van der Waals surface area contributed by atoms with Crippen molar-refractivity contribution >= 4 is 0 Å². The van der Waals surface area contributed by atoms with Gasteiger partial charge in [0, 0.05) is 37.2 Å². The van der Waals surface area contributed by atoms with E-state index < -0.39 is 0 Å². The SMILES string of the molecule is CN(CCNC1CC1)CC1COc2ccccc21. The average molecular weight is 246 g/mol. The lowest BCUT2D eigenvalue weighted by Crippen LogP contribution is -2.33. The topological polar surface area (TPSA) is 24.5 Å². The molecule has 3 nitrogen and oxygen atoms in total. The van der Waals surface area contributed by atoms with Gasteiger partial charge < -0.3 is 15.0 Å². The second-order valence-electron chi connectivity index (χ2n) is 5.54. The van der Waals surface area contributed by atoms with Crippen LogP contribution in [0.4, 0.5) is 0 Å². The summed E-state index contributed by atoms with van der Waals surface area (Å²) < 4.78 is 5.72. The normalized spacial score (nSPS) is 22.0. The van der Waals surface area contributed by atoms with Crippen LogP contribution in [0.2, 0.25) is 0 Å². The molecular weight excluding hydrogens is 224 g/mol. The van der Waals surface area contributed by atoms with Crippen LogP contribution in [0.5, 0.6) is 5.75 Å². The van der Waals surface area contributed by atoms with Crippen molar-refractivity contribution in [1.82, 2.24) is 10.2 Å². The fourth-order valence-electron chi connectivity index (χ4n) is 2.59. The van der Waals surface area contributed by atoms with E-state index in [0.29, 0.717) is 5.92 Å². The van der Waals surface area contributed by atoms with Gasteiger partial charge in [-0.3, -0.25) is 0 Å². The van der Waals surface area contributed by atoms with Crippen LogP contribution in [0.25, 0.3) is 0 Å². The Hall–Kier alpha value is -1.06. The zero-order chi connectivity index (χ0) is 12.4. The Morgan fingerprint density at radius 2 is 2.17 bits per heavy atom. The van der Waals surface area contributed by atoms with Gasteiger partial charge in [0.2, 0.25) is 0 Å². The summed E-state index contributed by atoms with van der Waals surface area (Å²) in [5.41, 5.74) is 1.37. The minimum atomic E-state index is 0.534. The van der Waals surface area contributed by atoms with E-state index in [1.54, 1.807) is 0 Å². The number of hydrogen-bond donors (Lipinski definition) is 1. The molecule has 1 aromatic carbocycles. The van der Waals surface area contributed by atoms with Gasteiger partial charge in [-0.1, -0.05) is 18.2 Å².